The number of amides is 1. The Morgan fingerprint density at radius 3 is 2.90 bits per heavy atom. The van der Waals surface area contributed by atoms with E-state index in [1.54, 1.807) is 23.9 Å². The van der Waals surface area contributed by atoms with Gasteiger partial charge in [-0.05, 0) is 13.8 Å². The van der Waals surface area contributed by atoms with E-state index in [4.69, 9.17) is 5.11 Å². The molecule has 0 atom stereocenters. The molecule has 8 heteroatoms. The molecule has 2 aromatic rings. The highest BCUT2D eigenvalue weighted by Gasteiger charge is 2.18. The van der Waals surface area contributed by atoms with E-state index in [1.807, 2.05) is 6.92 Å². The number of carbonyl (C=O) groups is 2. The molecule has 2 rings (SSSR count). The van der Waals surface area contributed by atoms with Crippen LogP contribution in [0.2, 0.25) is 0 Å². The molecule has 0 bridgehead atoms. The highest BCUT2D eigenvalue weighted by Crippen LogP contribution is 2.19. The Labute approximate surface area is 119 Å². The minimum Gasteiger partial charge on any atom is -0.477 e. The van der Waals surface area contributed by atoms with E-state index in [9.17, 15) is 9.59 Å². The van der Waals surface area contributed by atoms with Crippen LogP contribution in [0.15, 0.2) is 12.3 Å². The van der Waals surface area contributed by atoms with E-state index < -0.39 is 5.97 Å². The van der Waals surface area contributed by atoms with Crippen molar-refractivity contribution >= 4 is 29.0 Å². The minimum atomic E-state index is -1.06. The number of nitrogens with zero attached hydrogens (tertiary/aromatic N) is 3. The standard InChI is InChI=1S/C12H14N4O3S/c1-3-16-9(4-5-13-16)15-10(17)6-8-11(12(18)19)20-7(2)14-8/h4-5H,3,6H2,1-2H3,(H,15,17)(H,18,19). The van der Waals surface area contributed by atoms with Crippen molar-refractivity contribution in [2.75, 3.05) is 5.32 Å². The predicted molar refractivity (Wildman–Crippen MR) is 74.0 cm³/mol. The van der Waals surface area contributed by atoms with Gasteiger partial charge in [-0.15, -0.1) is 11.3 Å². The SMILES string of the molecule is CCn1nccc1NC(=O)Cc1nc(C)sc1C(=O)O. The van der Waals surface area contributed by atoms with E-state index >= 15 is 0 Å². The van der Waals surface area contributed by atoms with Crippen molar-refractivity contribution in [3.63, 3.8) is 0 Å². The van der Waals surface area contributed by atoms with Gasteiger partial charge < -0.3 is 10.4 Å². The maximum Gasteiger partial charge on any atom is 0.347 e. The molecular weight excluding hydrogens is 280 g/mol. The first-order valence-corrected chi connectivity index (χ1v) is 6.84. The molecule has 0 fully saturated rings. The summed E-state index contributed by atoms with van der Waals surface area (Å²) >= 11 is 1.07. The highest BCUT2D eigenvalue weighted by atomic mass is 32.1. The number of aryl methyl sites for hydroxylation is 2. The molecule has 0 aliphatic rings. The summed E-state index contributed by atoms with van der Waals surface area (Å²) in [6, 6.07) is 1.69. The molecule has 20 heavy (non-hydrogen) atoms. The lowest BCUT2D eigenvalue weighted by Crippen LogP contribution is -2.18. The largest absolute Gasteiger partial charge is 0.477 e. The van der Waals surface area contributed by atoms with Crippen molar-refractivity contribution in [3.8, 4) is 0 Å². The van der Waals surface area contributed by atoms with Crippen LogP contribution in [0.5, 0.6) is 0 Å². The molecule has 7 nitrogen and oxygen atoms in total. The summed E-state index contributed by atoms with van der Waals surface area (Å²) in [6.07, 6.45) is 1.52. The molecule has 1 amide bonds. The summed E-state index contributed by atoms with van der Waals surface area (Å²) in [6.45, 7) is 4.26. The highest BCUT2D eigenvalue weighted by molar-refractivity contribution is 7.13. The molecule has 0 saturated heterocycles. The molecule has 2 N–H and O–H groups in total. The summed E-state index contributed by atoms with van der Waals surface area (Å²) in [5.74, 6) is -0.786. The van der Waals surface area contributed by atoms with Gasteiger partial charge in [-0.25, -0.2) is 14.5 Å². The zero-order valence-electron chi connectivity index (χ0n) is 11.1. The van der Waals surface area contributed by atoms with E-state index in [0.29, 0.717) is 23.1 Å². The van der Waals surface area contributed by atoms with E-state index in [1.165, 1.54) is 0 Å². The summed E-state index contributed by atoms with van der Waals surface area (Å²) < 4.78 is 1.64. The fourth-order valence-electron chi connectivity index (χ4n) is 1.79. The Hall–Kier alpha value is -2.22. The van der Waals surface area contributed by atoms with Crippen molar-refractivity contribution in [2.24, 2.45) is 0 Å². The first-order valence-electron chi connectivity index (χ1n) is 6.02. The monoisotopic (exact) mass is 294 g/mol. The van der Waals surface area contributed by atoms with Crippen LogP contribution in [0.4, 0.5) is 5.82 Å². The molecule has 0 spiro atoms. The van der Waals surface area contributed by atoms with E-state index in [2.05, 4.69) is 15.4 Å². The van der Waals surface area contributed by atoms with Gasteiger partial charge in [-0.3, -0.25) is 4.79 Å². The average Bonchev–Trinajstić information content (AvgIpc) is 2.95. The number of aromatic carboxylic acids is 1. The van der Waals surface area contributed by atoms with Gasteiger partial charge >= 0.3 is 5.97 Å². The fourth-order valence-corrected chi connectivity index (χ4v) is 2.56. The van der Waals surface area contributed by atoms with Crippen molar-refractivity contribution < 1.29 is 14.7 Å². The number of thiazole rings is 1. The summed E-state index contributed by atoms with van der Waals surface area (Å²) in [5.41, 5.74) is 0.292. The number of rotatable bonds is 5. The molecule has 106 valence electrons. The zero-order valence-corrected chi connectivity index (χ0v) is 11.9. The van der Waals surface area contributed by atoms with Gasteiger partial charge in [-0.1, -0.05) is 0 Å². The molecule has 2 heterocycles. The number of carbonyl (C=O) groups excluding carboxylic acids is 1. The van der Waals surface area contributed by atoms with Gasteiger partial charge in [0.2, 0.25) is 5.91 Å². The summed E-state index contributed by atoms with van der Waals surface area (Å²) in [7, 11) is 0. The van der Waals surface area contributed by atoms with Gasteiger partial charge in [0, 0.05) is 12.6 Å². The number of carboxylic acids is 1. The second-order valence-electron chi connectivity index (χ2n) is 4.07. The van der Waals surface area contributed by atoms with Crippen LogP contribution in [0.25, 0.3) is 0 Å². The van der Waals surface area contributed by atoms with E-state index in [0.717, 1.165) is 11.3 Å². The lowest BCUT2D eigenvalue weighted by Gasteiger charge is -2.06. The smallest absolute Gasteiger partial charge is 0.347 e. The second kappa shape index (κ2) is 5.83. The maximum atomic E-state index is 12.0. The van der Waals surface area contributed by atoms with Crippen molar-refractivity contribution in [2.45, 2.75) is 26.8 Å². The topological polar surface area (TPSA) is 97.1 Å². The average molecular weight is 294 g/mol. The number of anilines is 1. The van der Waals surface area contributed by atoms with Crippen LogP contribution in [-0.2, 0) is 17.8 Å². The number of hydrogen-bond donors (Lipinski definition) is 2. The number of carboxylic acid groups (broad SMARTS) is 1. The van der Waals surface area contributed by atoms with Gasteiger partial charge in [-0.2, -0.15) is 5.10 Å². The molecule has 0 radical (unpaired) electrons. The van der Waals surface area contributed by atoms with Crippen molar-refractivity contribution in [1.29, 1.82) is 0 Å². The van der Waals surface area contributed by atoms with Gasteiger partial charge in [0.05, 0.1) is 23.3 Å². The van der Waals surface area contributed by atoms with Gasteiger partial charge in [0.25, 0.3) is 0 Å². The second-order valence-corrected chi connectivity index (χ2v) is 5.27. The van der Waals surface area contributed by atoms with Crippen LogP contribution in [0.3, 0.4) is 0 Å². The van der Waals surface area contributed by atoms with Crippen molar-refractivity contribution in [1.82, 2.24) is 14.8 Å². The molecule has 0 unspecified atom stereocenters. The lowest BCUT2D eigenvalue weighted by atomic mass is 10.2. The third-order valence-electron chi connectivity index (χ3n) is 2.61. The Morgan fingerprint density at radius 1 is 1.50 bits per heavy atom. The quantitative estimate of drug-likeness (QED) is 0.872. The van der Waals surface area contributed by atoms with Crippen LogP contribution >= 0.6 is 11.3 Å². The first kappa shape index (κ1) is 14.2. The van der Waals surface area contributed by atoms with Crippen LogP contribution in [-0.4, -0.2) is 31.7 Å². The van der Waals surface area contributed by atoms with Crippen LogP contribution in [0.1, 0.15) is 27.3 Å². The van der Waals surface area contributed by atoms with Crippen LogP contribution < -0.4 is 5.32 Å². The molecule has 0 aliphatic carbocycles. The Kier molecular flexibility index (Phi) is 4.14. The Morgan fingerprint density at radius 2 is 2.25 bits per heavy atom. The summed E-state index contributed by atoms with van der Waals surface area (Å²) in [4.78, 5) is 27.2. The molecule has 0 aromatic carbocycles. The van der Waals surface area contributed by atoms with Gasteiger partial charge in [0.15, 0.2) is 0 Å². The predicted octanol–water partition coefficient (Wildman–Crippen LogP) is 1.55. The fraction of sp³-hybridized carbons (Fsp3) is 0.333. The molecular formula is C12H14N4O3S. The Bertz CT molecular complexity index is 647. The molecule has 2 aromatic heterocycles. The number of nitrogens with one attached hydrogen (secondary N) is 1. The Balaban J connectivity index is 2.10. The van der Waals surface area contributed by atoms with Crippen LogP contribution in [0, 0.1) is 6.92 Å². The molecule has 0 saturated carbocycles. The minimum absolute atomic E-state index is 0.0686. The maximum absolute atomic E-state index is 12.0. The number of hydrogen-bond acceptors (Lipinski definition) is 5. The third-order valence-corrected chi connectivity index (χ3v) is 3.61. The number of aromatic nitrogens is 3. The lowest BCUT2D eigenvalue weighted by molar-refractivity contribution is -0.115. The van der Waals surface area contributed by atoms with E-state index in [-0.39, 0.29) is 17.2 Å². The zero-order chi connectivity index (χ0) is 14.7. The van der Waals surface area contributed by atoms with Gasteiger partial charge in [0.1, 0.15) is 10.7 Å². The first-order chi connectivity index (χ1) is 9.51. The summed E-state index contributed by atoms with van der Waals surface area (Å²) in [5, 5.41) is 16.4. The third kappa shape index (κ3) is 3.02. The van der Waals surface area contributed by atoms with Crippen molar-refractivity contribution in [3.05, 3.63) is 27.8 Å². The molecule has 0 aliphatic heterocycles. The normalized spacial score (nSPS) is 10.5.